The summed E-state index contributed by atoms with van der Waals surface area (Å²) in [6.07, 6.45) is 3.41. The van der Waals surface area contributed by atoms with Gasteiger partial charge in [0.15, 0.2) is 0 Å². The predicted molar refractivity (Wildman–Crippen MR) is 112 cm³/mol. The van der Waals surface area contributed by atoms with E-state index in [2.05, 4.69) is 0 Å². The molecule has 0 bridgehead atoms. The minimum Gasteiger partial charge on any atom is -0.748 e. The number of carboxylic acid groups (broad SMARTS) is 1. The maximum absolute atomic E-state index is 12.3. The first kappa shape index (κ1) is 29.2. The maximum Gasteiger partial charge on any atom is 1.00 e. The number of benzene rings is 1. The van der Waals surface area contributed by atoms with Crippen LogP contribution in [-0.2, 0) is 19.7 Å². The minimum absolute atomic E-state index is 0. The average molecular weight is 517 g/mol. The second-order valence-electron chi connectivity index (χ2n) is 6.00. The number of amides is 1. The molecule has 3 rings (SSSR count). The first-order valence-corrected chi connectivity index (χ1v) is 11.9. The third kappa shape index (κ3) is 7.85. The van der Waals surface area contributed by atoms with Crippen molar-refractivity contribution in [1.82, 2.24) is 4.90 Å². The SMILES string of the molecule is O=C([O-])CN1C(=O)/C(=C\C=C2\Sc3ccccc3N2CCCS(=O)(=O)[O-])SC1=S.[Na+].[Na+]. The molecule has 0 N–H and O–H groups in total. The molecule has 0 radical (unpaired) electrons. The van der Waals surface area contributed by atoms with Gasteiger partial charge in [-0.2, -0.15) is 0 Å². The van der Waals surface area contributed by atoms with Gasteiger partial charge in [0, 0.05) is 17.2 Å². The van der Waals surface area contributed by atoms with Gasteiger partial charge in [-0.05, 0) is 30.7 Å². The summed E-state index contributed by atoms with van der Waals surface area (Å²) in [6, 6.07) is 7.52. The number of carbonyl (C=O) groups excluding carboxylic acids is 2. The fourth-order valence-corrected chi connectivity index (χ4v) is 5.50. The second-order valence-corrected chi connectivity index (χ2v) is 10.3. The molecule has 1 saturated heterocycles. The molecule has 14 heteroatoms. The summed E-state index contributed by atoms with van der Waals surface area (Å²) in [5.41, 5.74) is 0.880. The molecule has 31 heavy (non-hydrogen) atoms. The smallest absolute Gasteiger partial charge is 0.748 e. The molecule has 0 aromatic heterocycles. The maximum atomic E-state index is 12.3. The van der Waals surface area contributed by atoms with Crippen LogP contribution in [0.2, 0.25) is 0 Å². The summed E-state index contributed by atoms with van der Waals surface area (Å²) in [4.78, 5) is 27.2. The number of hydrogen-bond acceptors (Lipinski definition) is 10. The van der Waals surface area contributed by atoms with Crippen LogP contribution in [-0.4, -0.2) is 52.9 Å². The molecule has 1 aromatic carbocycles. The minimum atomic E-state index is -4.30. The van der Waals surface area contributed by atoms with Gasteiger partial charge in [-0.3, -0.25) is 9.69 Å². The Morgan fingerprint density at radius 3 is 2.45 bits per heavy atom. The summed E-state index contributed by atoms with van der Waals surface area (Å²) in [5, 5.41) is 11.5. The molecular weight excluding hydrogens is 502 g/mol. The summed E-state index contributed by atoms with van der Waals surface area (Å²) >= 11 is 7.49. The van der Waals surface area contributed by atoms with Crippen molar-refractivity contribution < 1.29 is 86.8 Å². The van der Waals surface area contributed by atoms with Gasteiger partial charge in [-0.15, -0.1) is 0 Å². The van der Waals surface area contributed by atoms with Crippen molar-refractivity contribution in [3.05, 3.63) is 46.4 Å². The van der Waals surface area contributed by atoms with Crippen LogP contribution in [0.4, 0.5) is 5.69 Å². The molecule has 0 spiro atoms. The molecule has 0 saturated carbocycles. The number of rotatable bonds is 7. The number of carboxylic acids is 1. The van der Waals surface area contributed by atoms with Crippen molar-refractivity contribution >= 4 is 67.7 Å². The van der Waals surface area contributed by atoms with Gasteiger partial charge in [0.05, 0.1) is 38.3 Å². The summed E-state index contributed by atoms with van der Waals surface area (Å²) in [7, 11) is -4.30. The quantitative estimate of drug-likeness (QED) is 0.151. The monoisotopic (exact) mass is 516 g/mol. The number of fused-ring (bicyclic) bond motifs is 1. The van der Waals surface area contributed by atoms with Crippen molar-refractivity contribution in [2.45, 2.75) is 11.3 Å². The number of aliphatic carboxylic acids is 1. The molecule has 2 aliphatic rings. The third-order valence-corrected chi connectivity index (χ3v) is 7.27. The van der Waals surface area contributed by atoms with E-state index in [1.165, 1.54) is 11.8 Å². The molecule has 1 aromatic rings. The first-order chi connectivity index (χ1) is 13.7. The van der Waals surface area contributed by atoms with E-state index in [0.29, 0.717) is 6.54 Å². The number of hydrogen-bond donors (Lipinski definition) is 0. The number of thioether (sulfide) groups is 2. The average Bonchev–Trinajstić information content (AvgIpc) is 3.11. The van der Waals surface area contributed by atoms with E-state index in [1.807, 2.05) is 29.2 Å². The van der Waals surface area contributed by atoms with Gasteiger partial charge in [-0.1, -0.05) is 47.9 Å². The Morgan fingerprint density at radius 1 is 1.13 bits per heavy atom. The van der Waals surface area contributed by atoms with Crippen LogP contribution in [0, 0.1) is 0 Å². The Kier molecular flexibility index (Phi) is 11.8. The van der Waals surface area contributed by atoms with Crippen LogP contribution < -0.4 is 69.1 Å². The van der Waals surface area contributed by atoms with E-state index in [0.717, 1.165) is 32.3 Å². The number of carbonyl (C=O) groups is 2. The van der Waals surface area contributed by atoms with Gasteiger partial charge in [0.2, 0.25) is 0 Å². The first-order valence-electron chi connectivity index (χ1n) is 8.29. The fraction of sp³-hybridized carbons (Fsp3) is 0.235. The Balaban J connectivity index is 0.00000240. The van der Waals surface area contributed by atoms with Crippen LogP contribution in [0.1, 0.15) is 6.42 Å². The number of thiocarbonyl (C=S) groups is 1. The predicted octanol–water partition coefficient (Wildman–Crippen LogP) is -5.12. The van der Waals surface area contributed by atoms with Crippen LogP contribution in [0.3, 0.4) is 0 Å². The molecule has 0 unspecified atom stereocenters. The number of nitrogens with zero attached hydrogens (tertiary/aromatic N) is 2. The molecule has 154 valence electrons. The largest absolute Gasteiger partial charge is 1.00 e. The molecule has 1 fully saturated rings. The van der Waals surface area contributed by atoms with E-state index in [-0.39, 0.29) is 74.8 Å². The Morgan fingerprint density at radius 2 is 1.81 bits per heavy atom. The van der Waals surface area contributed by atoms with Crippen molar-refractivity contribution in [3.8, 4) is 0 Å². The summed E-state index contributed by atoms with van der Waals surface area (Å²) < 4.78 is 32.8. The number of anilines is 1. The van der Waals surface area contributed by atoms with Crippen LogP contribution in [0.5, 0.6) is 0 Å². The number of para-hydroxylation sites is 1. The number of allylic oxidation sites excluding steroid dienone is 2. The van der Waals surface area contributed by atoms with Gasteiger partial charge < -0.3 is 19.4 Å². The Hall–Kier alpha value is 0.140. The Bertz CT molecular complexity index is 1040. The molecule has 2 aliphatic heterocycles. The Labute approximate surface area is 238 Å². The van der Waals surface area contributed by atoms with E-state index < -0.39 is 34.3 Å². The van der Waals surface area contributed by atoms with Gasteiger partial charge >= 0.3 is 59.1 Å². The van der Waals surface area contributed by atoms with Gasteiger partial charge in [0.1, 0.15) is 4.32 Å². The second kappa shape index (κ2) is 12.6. The van der Waals surface area contributed by atoms with Crippen LogP contribution >= 0.6 is 35.7 Å². The normalized spacial score (nSPS) is 18.2. The zero-order valence-electron chi connectivity index (χ0n) is 16.8. The van der Waals surface area contributed by atoms with Gasteiger partial charge in [0.25, 0.3) is 5.91 Å². The van der Waals surface area contributed by atoms with Gasteiger partial charge in [-0.25, -0.2) is 8.42 Å². The van der Waals surface area contributed by atoms with E-state index in [4.69, 9.17) is 12.2 Å². The summed E-state index contributed by atoms with van der Waals surface area (Å²) in [6.45, 7) is -0.286. The molecule has 0 atom stereocenters. The molecule has 2 heterocycles. The van der Waals surface area contributed by atoms with E-state index in [1.54, 1.807) is 12.2 Å². The van der Waals surface area contributed by atoms with Crippen LogP contribution in [0.25, 0.3) is 0 Å². The zero-order chi connectivity index (χ0) is 21.2. The molecular formula is C17H14N2Na2O6S4. The third-order valence-electron chi connectivity index (χ3n) is 3.95. The summed E-state index contributed by atoms with van der Waals surface area (Å²) in [5.74, 6) is -2.38. The van der Waals surface area contributed by atoms with Crippen molar-refractivity contribution in [3.63, 3.8) is 0 Å². The molecule has 8 nitrogen and oxygen atoms in total. The van der Waals surface area contributed by atoms with Crippen molar-refractivity contribution in [2.75, 3.05) is 23.7 Å². The topological polar surface area (TPSA) is 121 Å². The fourth-order valence-electron chi connectivity index (χ4n) is 2.73. The molecule has 0 aliphatic carbocycles. The van der Waals surface area contributed by atoms with Crippen LogP contribution in [0.15, 0.2) is 51.2 Å². The van der Waals surface area contributed by atoms with E-state index in [9.17, 15) is 27.7 Å². The zero-order valence-corrected chi connectivity index (χ0v) is 24.0. The van der Waals surface area contributed by atoms with E-state index >= 15 is 0 Å². The van der Waals surface area contributed by atoms with Crippen molar-refractivity contribution in [2.24, 2.45) is 0 Å². The molecule has 1 amide bonds. The van der Waals surface area contributed by atoms with Crippen molar-refractivity contribution in [1.29, 1.82) is 0 Å². The standard InChI is InChI=1S/C17H16N2O6S4.2Na/c20-15(21)10-19-16(22)13(28-17(19)26)6-7-14-18(8-3-9-29(23,24)25)11-4-1-2-5-12(11)27-14;;/h1-2,4-7H,3,8-10H2,(H,20,21)(H,23,24,25);;/q;2*+1/p-2/b13-6+,14-7+;;.